The molecule has 3 heterocycles. The molecule has 2 aromatic heterocycles. The zero-order valence-electron chi connectivity index (χ0n) is 24.1. The summed E-state index contributed by atoms with van der Waals surface area (Å²) in [6, 6.07) is 54.6. The standard InChI is InChI=1S/C39H31N5/c1-4-14-26(15-5-1)37-40-38(27-16-6-2-7-17-27)42-39(41-37)44-34-23-13-11-21-30(34)32-24-35-31(25-36(32)44)29-20-10-12-22-33(29)43(35)28-18-8-3-9-19-28/h1-25,37-42H/p+1. The molecule has 4 N–H and O–H groups in total. The molecule has 0 bridgehead atoms. The summed E-state index contributed by atoms with van der Waals surface area (Å²) in [6.07, 6.45) is 0.0120. The Balaban J connectivity index is 1.30. The quantitative estimate of drug-likeness (QED) is 0.205. The van der Waals surface area contributed by atoms with Crippen LogP contribution in [0.4, 0.5) is 0 Å². The van der Waals surface area contributed by atoms with Crippen molar-refractivity contribution in [2.24, 2.45) is 0 Å². The summed E-state index contributed by atoms with van der Waals surface area (Å²) in [6.45, 7) is 0. The number of hydrogen-bond acceptors (Lipinski definition) is 2. The molecular weight excluding hydrogens is 538 g/mol. The maximum absolute atomic E-state index is 3.96. The second-order valence-electron chi connectivity index (χ2n) is 11.7. The highest BCUT2D eigenvalue weighted by Gasteiger charge is 2.34. The van der Waals surface area contributed by atoms with Gasteiger partial charge in [-0.05, 0) is 36.4 Å². The van der Waals surface area contributed by atoms with Crippen LogP contribution in [0, 0.1) is 0 Å². The summed E-state index contributed by atoms with van der Waals surface area (Å²) < 4.78 is 4.87. The molecule has 2 atom stereocenters. The lowest BCUT2D eigenvalue weighted by Crippen LogP contribution is -2.95. The fraction of sp³-hybridized carbons (Fsp3) is 0.0769. The number of nitrogens with zero attached hydrogens (tertiary/aromatic N) is 2. The predicted octanol–water partition coefficient (Wildman–Crippen LogP) is 7.50. The van der Waals surface area contributed by atoms with E-state index in [1.807, 2.05) is 0 Å². The van der Waals surface area contributed by atoms with E-state index in [4.69, 9.17) is 0 Å². The van der Waals surface area contributed by atoms with E-state index in [9.17, 15) is 0 Å². The largest absolute Gasteiger partial charge is 0.311 e. The zero-order valence-corrected chi connectivity index (χ0v) is 24.1. The number of aromatic nitrogens is 2. The minimum absolute atomic E-state index is 0.0765. The van der Waals surface area contributed by atoms with Crippen LogP contribution in [0.25, 0.3) is 49.3 Å². The first-order valence-electron chi connectivity index (χ1n) is 15.3. The summed E-state index contributed by atoms with van der Waals surface area (Å²) in [5.74, 6) is 0. The van der Waals surface area contributed by atoms with E-state index in [1.54, 1.807) is 0 Å². The van der Waals surface area contributed by atoms with Crippen LogP contribution in [0.15, 0.2) is 152 Å². The van der Waals surface area contributed by atoms with Crippen molar-refractivity contribution in [3.05, 3.63) is 163 Å². The van der Waals surface area contributed by atoms with Crippen LogP contribution in [0.1, 0.15) is 29.7 Å². The highest BCUT2D eigenvalue weighted by molar-refractivity contribution is 6.18. The van der Waals surface area contributed by atoms with Gasteiger partial charge in [0, 0.05) is 38.4 Å². The maximum atomic E-state index is 3.96. The lowest BCUT2D eigenvalue weighted by molar-refractivity contribution is -0.756. The molecule has 1 saturated heterocycles. The molecule has 1 aliphatic rings. The van der Waals surface area contributed by atoms with Gasteiger partial charge >= 0.3 is 0 Å². The second kappa shape index (κ2) is 10.2. The highest BCUT2D eigenvalue weighted by atomic mass is 15.4. The number of para-hydroxylation sites is 3. The van der Waals surface area contributed by atoms with E-state index >= 15 is 0 Å². The van der Waals surface area contributed by atoms with Crippen molar-refractivity contribution in [3.8, 4) is 5.69 Å². The van der Waals surface area contributed by atoms with E-state index in [0.29, 0.717) is 0 Å². The third-order valence-corrected chi connectivity index (χ3v) is 9.15. The minimum Gasteiger partial charge on any atom is -0.311 e. The first-order valence-corrected chi connectivity index (χ1v) is 15.3. The molecular formula is C39H32N5+. The summed E-state index contributed by atoms with van der Waals surface area (Å²) in [5.41, 5.74) is 8.54. The predicted molar refractivity (Wildman–Crippen MR) is 179 cm³/mol. The number of nitrogens with two attached hydrogens (primary N) is 1. The molecule has 5 heteroatoms. The summed E-state index contributed by atoms with van der Waals surface area (Å²) in [5, 5.41) is 15.3. The van der Waals surface area contributed by atoms with Crippen molar-refractivity contribution in [3.63, 3.8) is 0 Å². The van der Waals surface area contributed by atoms with Gasteiger partial charge in [0.25, 0.3) is 0 Å². The van der Waals surface area contributed by atoms with E-state index < -0.39 is 0 Å². The van der Waals surface area contributed by atoms with Crippen molar-refractivity contribution >= 4 is 43.6 Å². The number of hydrogen-bond donors (Lipinski definition) is 3. The Morgan fingerprint density at radius 2 is 0.909 bits per heavy atom. The van der Waals surface area contributed by atoms with Gasteiger partial charge in [-0.3, -0.25) is 0 Å². The second-order valence-corrected chi connectivity index (χ2v) is 11.7. The molecule has 212 valence electrons. The SMILES string of the molecule is c1ccc(C2NC(n3c4ccccc4c4cc5c(cc43)c3ccccc3n5-c3ccccc3)NC(c3ccccc3)[NH2+]2)cc1. The topological polar surface area (TPSA) is 50.5 Å². The number of rotatable bonds is 4. The Bertz CT molecular complexity index is 2220. The van der Waals surface area contributed by atoms with E-state index in [-0.39, 0.29) is 18.6 Å². The molecule has 5 nitrogen and oxygen atoms in total. The number of nitrogens with one attached hydrogen (secondary N) is 2. The van der Waals surface area contributed by atoms with E-state index in [1.165, 1.54) is 60.4 Å². The Kier molecular flexibility index (Phi) is 5.87. The Morgan fingerprint density at radius 1 is 0.432 bits per heavy atom. The third kappa shape index (κ3) is 3.98. The summed E-state index contributed by atoms with van der Waals surface area (Å²) >= 11 is 0. The molecule has 2 unspecified atom stereocenters. The first-order chi connectivity index (χ1) is 21.8. The van der Waals surface area contributed by atoms with Crippen molar-refractivity contribution < 1.29 is 5.32 Å². The van der Waals surface area contributed by atoms with Crippen molar-refractivity contribution in [1.82, 2.24) is 19.8 Å². The van der Waals surface area contributed by atoms with Crippen LogP contribution in [0.3, 0.4) is 0 Å². The lowest BCUT2D eigenvalue weighted by atomic mass is 10.1. The minimum atomic E-state index is -0.141. The van der Waals surface area contributed by atoms with E-state index in [0.717, 1.165) is 0 Å². The smallest absolute Gasteiger partial charge is 0.170 e. The molecule has 0 spiro atoms. The van der Waals surface area contributed by atoms with Gasteiger partial charge in [-0.15, -0.1) is 0 Å². The average Bonchev–Trinajstić information content (AvgIpc) is 3.60. The zero-order chi connectivity index (χ0) is 29.0. The Morgan fingerprint density at radius 3 is 1.55 bits per heavy atom. The number of fused-ring (bicyclic) bond motifs is 6. The van der Waals surface area contributed by atoms with Gasteiger partial charge in [0.1, 0.15) is 6.29 Å². The molecule has 0 radical (unpaired) electrons. The van der Waals surface area contributed by atoms with Gasteiger partial charge < -0.3 is 14.5 Å². The summed E-state index contributed by atoms with van der Waals surface area (Å²) in [7, 11) is 0. The van der Waals surface area contributed by atoms with Crippen LogP contribution >= 0.6 is 0 Å². The highest BCUT2D eigenvalue weighted by Crippen LogP contribution is 2.39. The molecule has 1 fully saturated rings. The Hall–Kier alpha value is -5.20. The maximum Gasteiger partial charge on any atom is 0.170 e. The normalized spacial score (nSPS) is 18.9. The molecule has 0 aliphatic carbocycles. The summed E-state index contributed by atoms with van der Waals surface area (Å²) in [4.78, 5) is 0. The molecule has 9 rings (SSSR count). The van der Waals surface area contributed by atoms with Gasteiger partial charge in [0.15, 0.2) is 12.3 Å². The molecule has 6 aromatic carbocycles. The monoisotopic (exact) mass is 570 g/mol. The molecule has 1 aliphatic heterocycles. The number of quaternary nitrogens is 1. The van der Waals surface area contributed by atoms with Gasteiger partial charge in [0.2, 0.25) is 0 Å². The van der Waals surface area contributed by atoms with Crippen LogP contribution in [-0.4, -0.2) is 9.13 Å². The van der Waals surface area contributed by atoms with Gasteiger partial charge in [-0.25, -0.2) is 10.6 Å². The lowest BCUT2D eigenvalue weighted by Gasteiger charge is -2.37. The van der Waals surface area contributed by atoms with Gasteiger partial charge in [-0.1, -0.05) is 115 Å². The average molecular weight is 571 g/mol. The van der Waals surface area contributed by atoms with E-state index in [2.05, 4.69) is 177 Å². The molecule has 0 amide bonds. The molecule has 8 aromatic rings. The van der Waals surface area contributed by atoms with Gasteiger partial charge in [-0.2, -0.15) is 0 Å². The van der Waals surface area contributed by atoms with Gasteiger partial charge in [0.05, 0.1) is 22.1 Å². The van der Waals surface area contributed by atoms with Crippen LogP contribution in [-0.2, 0) is 0 Å². The fourth-order valence-electron chi connectivity index (χ4n) is 7.17. The number of benzene rings is 6. The molecule has 0 saturated carbocycles. The van der Waals surface area contributed by atoms with Crippen molar-refractivity contribution in [2.75, 3.05) is 0 Å². The van der Waals surface area contributed by atoms with Crippen LogP contribution < -0.4 is 16.0 Å². The first kappa shape index (κ1) is 25.3. The Labute approximate surface area is 255 Å². The fourth-order valence-corrected chi connectivity index (χ4v) is 7.17. The van der Waals surface area contributed by atoms with Crippen molar-refractivity contribution in [1.29, 1.82) is 0 Å². The third-order valence-electron chi connectivity index (χ3n) is 9.15. The van der Waals surface area contributed by atoms with Crippen molar-refractivity contribution in [2.45, 2.75) is 18.6 Å². The van der Waals surface area contributed by atoms with Crippen LogP contribution in [0.2, 0.25) is 0 Å². The van der Waals surface area contributed by atoms with Crippen LogP contribution in [0.5, 0.6) is 0 Å². The molecule has 44 heavy (non-hydrogen) atoms.